The first-order valence-electron chi connectivity index (χ1n) is 8.71. The van der Waals surface area contributed by atoms with Crippen molar-refractivity contribution in [1.29, 1.82) is 0 Å². The fourth-order valence-corrected chi connectivity index (χ4v) is 4.66. The van der Waals surface area contributed by atoms with Crippen molar-refractivity contribution in [1.82, 2.24) is 4.90 Å². The van der Waals surface area contributed by atoms with Gasteiger partial charge in [-0.2, -0.15) is 0 Å². The standard InChI is InChI=1S/C18H24N2O4/c19-16(21)10-20-8-7-18(22)6-2-1-3-13(18)17(20)12-4-5-14-15(9-12)24-11-23-14/h4-5,9,13,17,22H,1-3,6-8,10-11H2,(H2,19,21)/t13-,17+,18+/m1/s1. The molecule has 4 rings (SSSR count). The number of benzene rings is 1. The van der Waals surface area contributed by atoms with Gasteiger partial charge in [-0.15, -0.1) is 0 Å². The zero-order chi connectivity index (χ0) is 16.7. The number of fused-ring (bicyclic) bond motifs is 2. The van der Waals surface area contributed by atoms with Crippen LogP contribution in [0.4, 0.5) is 0 Å². The van der Waals surface area contributed by atoms with Gasteiger partial charge in [0.1, 0.15) is 0 Å². The van der Waals surface area contributed by atoms with Crippen LogP contribution >= 0.6 is 0 Å². The quantitative estimate of drug-likeness (QED) is 0.877. The number of amides is 1. The second-order valence-corrected chi connectivity index (χ2v) is 7.20. The van der Waals surface area contributed by atoms with E-state index in [-0.39, 0.29) is 31.2 Å². The summed E-state index contributed by atoms with van der Waals surface area (Å²) in [6.07, 6.45) is 4.68. The van der Waals surface area contributed by atoms with E-state index in [4.69, 9.17) is 15.2 Å². The van der Waals surface area contributed by atoms with Crippen molar-refractivity contribution in [2.75, 3.05) is 19.9 Å². The molecule has 1 saturated carbocycles. The van der Waals surface area contributed by atoms with Crippen LogP contribution in [0.2, 0.25) is 0 Å². The van der Waals surface area contributed by atoms with E-state index >= 15 is 0 Å². The smallest absolute Gasteiger partial charge is 0.231 e. The Morgan fingerprint density at radius 3 is 2.96 bits per heavy atom. The van der Waals surface area contributed by atoms with Crippen LogP contribution in [0.3, 0.4) is 0 Å². The predicted octanol–water partition coefficient (Wildman–Crippen LogP) is 1.57. The van der Waals surface area contributed by atoms with Crippen LogP contribution in [-0.2, 0) is 4.79 Å². The number of hydrogen-bond donors (Lipinski definition) is 2. The molecule has 0 radical (unpaired) electrons. The Labute approximate surface area is 141 Å². The Morgan fingerprint density at radius 2 is 2.12 bits per heavy atom. The Hall–Kier alpha value is -1.79. The highest BCUT2D eigenvalue weighted by Gasteiger charge is 2.49. The monoisotopic (exact) mass is 332 g/mol. The lowest BCUT2D eigenvalue weighted by atomic mass is 9.66. The molecule has 0 aromatic heterocycles. The zero-order valence-electron chi connectivity index (χ0n) is 13.7. The van der Waals surface area contributed by atoms with Gasteiger partial charge < -0.3 is 20.3 Å². The fourth-order valence-electron chi connectivity index (χ4n) is 4.66. The lowest BCUT2D eigenvalue weighted by Crippen LogP contribution is -2.56. The van der Waals surface area contributed by atoms with Crippen molar-refractivity contribution in [2.24, 2.45) is 11.7 Å². The molecule has 3 aliphatic rings. The second kappa shape index (κ2) is 5.93. The van der Waals surface area contributed by atoms with Crippen LogP contribution in [-0.4, -0.2) is 41.4 Å². The van der Waals surface area contributed by atoms with Crippen molar-refractivity contribution >= 4 is 5.91 Å². The largest absolute Gasteiger partial charge is 0.454 e. The molecule has 0 bridgehead atoms. The minimum atomic E-state index is -0.645. The number of ether oxygens (including phenoxy) is 2. The van der Waals surface area contributed by atoms with Gasteiger partial charge in [0.25, 0.3) is 0 Å². The maximum Gasteiger partial charge on any atom is 0.231 e. The van der Waals surface area contributed by atoms with Gasteiger partial charge in [0, 0.05) is 18.5 Å². The lowest BCUT2D eigenvalue weighted by molar-refractivity contribution is -0.136. The highest BCUT2D eigenvalue weighted by Crippen LogP contribution is 2.50. The van der Waals surface area contributed by atoms with Crippen molar-refractivity contribution < 1.29 is 19.4 Å². The van der Waals surface area contributed by atoms with Crippen molar-refractivity contribution in [3.05, 3.63) is 23.8 Å². The fraction of sp³-hybridized carbons (Fsp3) is 0.611. The number of rotatable bonds is 3. The molecule has 24 heavy (non-hydrogen) atoms. The minimum Gasteiger partial charge on any atom is -0.454 e. The molecule has 2 heterocycles. The van der Waals surface area contributed by atoms with Crippen molar-refractivity contribution in [3.8, 4) is 11.5 Å². The highest BCUT2D eigenvalue weighted by atomic mass is 16.7. The number of aliphatic hydroxyl groups is 1. The van der Waals surface area contributed by atoms with Crippen molar-refractivity contribution in [3.63, 3.8) is 0 Å². The third-order valence-electron chi connectivity index (χ3n) is 5.77. The molecule has 3 N–H and O–H groups in total. The van der Waals surface area contributed by atoms with E-state index in [2.05, 4.69) is 4.90 Å². The number of nitrogens with two attached hydrogens (primary N) is 1. The summed E-state index contributed by atoms with van der Waals surface area (Å²) in [4.78, 5) is 13.7. The van der Waals surface area contributed by atoms with E-state index in [1.54, 1.807) is 0 Å². The summed E-state index contributed by atoms with van der Waals surface area (Å²) < 4.78 is 10.9. The third kappa shape index (κ3) is 2.63. The number of primary amides is 1. The van der Waals surface area contributed by atoms with Gasteiger partial charge in [-0.25, -0.2) is 0 Å². The molecule has 1 amide bonds. The lowest BCUT2D eigenvalue weighted by Gasteiger charge is -2.52. The molecule has 130 valence electrons. The van der Waals surface area contributed by atoms with Crippen LogP contribution in [0.15, 0.2) is 18.2 Å². The number of hydrogen-bond acceptors (Lipinski definition) is 5. The SMILES string of the molecule is NC(=O)CN1CC[C@@]2(O)CCCC[C@@H]2[C@@H]1c1ccc2c(c1)OCO2. The summed E-state index contributed by atoms with van der Waals surface area (Å²) in [6, 6.07) is 5.90. The van der Waals surface area contributed by atoms with Gasteiger partial charge in [-0.3, -0.25) is 9.69 Å². The Bertz CT molecular complexity index is 650. The zero-order valence-corrected chi connectivity index (χ0v) is 13.7. The van der Waals surface area contributed by atoms with Crippen LogP contribution in [0.25, 0.3) is 0 Å². The molecule has 2 aliphatic heterocycles. The third-order valence-corrected chi connectivity index (χ3v) is 5.77. The molecule has 1 aromatic carbocycles. The van der Waals surface area contributed by atoms with E-state index in [0.29, 0.717) is 13.0 Å². The highest BCUT2D eigenvalue weighted by molar-refractivity contribution is 5.76. The molecule has 6 nitrogen and oxygen atoms in total. The van der Waals surface area contributed by atoms with E-state index in [1.165, 1.54) is 0 Å². The molecule has 2 fully saturated rings. The predicted molar refractivity (Wildman–Crippen MR) is 87.6 cm³/mol. The van der Waals surface area contributed by atoms with Crippen LogP contribution in [0.1, 0.15) is 43.7 Å². The molecule has 0 spiro atoms. The van der Waals surface area contributed by atoms with Gasteiger partial charge in [-0.05, 0) is 37.0 Å². The molecular formula is C18H24N2O4. The molecule has 3 atom stereocenters. The van der Waals surface area contributed by atoms with E-state index in [1.807, 2.05) is 18.2 Å². The summed E-state index contributed by atoms with van der Waals surface area (Å²) >= 11 is 0. The number of carbonyl (C=O) groups excluding carboxylic acids is 1. The average molecular weight is 332 g/mol. The van der Waals surface area contributed by atoms with Crippen LogP contribution < -0.4 is 15.2 Å². The minimum absolute atomic E-state index is 0.0222. The topological polar surface area (TPSA) is 85.0 Å². The van der Waals surface area contributed by atoms with E-state index in [9.17, 15) is 9.90 Å². The van der Waals surface area contributed by atoms with Gasteiger partial charge >= 0.3 is 0 Å². The summed E-state index contributed by atoms with van der Waals surface area (Å²) in [6.45, 7) is 1.13. The van der Waals surface area contributed by atoms with Crippen LogP contribution in [0, 0.1) is 5.92 Å². The first-order valence-corrected chi connectivity index (χ1v) is 8.71. The molecule has 6 heteroatoms. The first-order chi connectivity index (χ1) is 11.6. The molecular weight excluding hydrogens is 308 g/mol. The Kier molecular flexibility index (Phi) is 3.89. The van der Waals surface area contributed by atoms with E-state index < -0.39 is 5.60 Å². The van der Waals surface area contributed by atoms with E-state index in [0.717, 1.165) is 42.7 Å². The van der Waals surface area contributed by atoms with Crippen LogP contribution in [0.5, 0.6) is 11.5 Å². The maximum atomic E-state index is 11.5. The molecule has 1 saturated heterocycles. The number of nitrogens with zero attached hydrogens (tertiary/aromatic N) is 1. The Balaban J connectivity index is 1.72. The molecule has 1 aliphatic carbocycles. The first kappa shape index (κ1) is 15.7. The summed E-state index contributed by atoms with van der Waals surface area (Å²) in [5.74, 6) is 1.26. The number of carbonyl (C=O) groups is 1. The molecule has 0 unspecified atom stereocenters. The van der Waals surface area contributed by atoms with Gasteiger partial charge in [0.15, 0.2) is 11.5 Å². The Morgan fingerprint density at radius 1 is 1.29 bits per heavy atom. The summed E-state index contributed by atoms with van der Waals surface area (Å²) in [7, 11) is 0. The number of piperidine rings is 1. The van der Waals surface area contributed by atoms with Gasteiger partial charge in [-0.1, -0.05) is 18.9 Å². The van der Waals surface area contributed by atoms with Gasteiger partial charge in [0.05, 0.1) is 12.1 Å². The summed E-state index contributed by atoms with van der Waals surface area (Å²) in [5, 5.41) is 11.2. The normalized spacial score (nSPS) is 32.4. The number of likely N-dealkylation sites (tertiary alicyclic amines) is 1. The average Bonchev–Trinajstić information content (AvgIpc) is 3.02. The second-order valence-electron chi connectivity index (χ2n) is 7.20. The maximum absolute atomic E-state index is 11.5. The molecule has 1 aromatic rings. The van der Waals surface area contributed by atoms with Gasteiger partial charge in [0.2, 0.25) is 12.7 Å². The summed E-state index contributed by atoms with van der Waals surface area (Å²) in [5.41, 5.74) is 5.88. The van der Waals surface area contributed by atoms with Crippen molar-refractivity contribution in [2.45, 2.75) is 43.7 Å².